The summed E-state index contributed by atoms with van der Waals surface area (Å²) in [5, 5.41) is 0. The number of anilines is 1. The van der Waals surface area contributed by atoms with Crippen molar-refractivity contribution in [2.75, 3.05) is 11.9 Å². The third kappa shape index (κ3) is 1.98. The predicted molar refractivity (Wildman–Crippen MR) is 64.9 cm³/mol. The topological polar surface area (TPSA) is 37.4 Å². The van der Waals surface area contributed by atoms with Crippen LogP contribution in [0.25, 0.3) is 0 Å². The molecule has 0 aromatic heterocycles. The molecule has 0 atom stereocenters. The number of rotatable bonds is 2. The number of amides is 1. The molecule has 0 radical (unpaired) electrons. The number of carbonyl (C=O) groups excluding carboxylic acids is 2. The molecule has 1 aromatic carbocycles. The average Bonchev–Trinajstić information content (AvgIpc) is 2.25. The van der Waals surface area contributed by atoms with E-state index >= 15 is 0 Å². The Morgan fingerprint density at radius 3 is 1.94 bits per heavy atom. The van der Waals surface area contributed by atoms with Gasteiger partial charge in [-0.15, -0.1) is 0 Å². The highest BCUT2D eigenvalue weighted by molar-refractivity contribution is 6.30. The Balaban J connectivity index is 3.43. The summed E-state index contributed by atoms with van der Waals surface area (Å²) in [7, 11) is 1.63. The Morgan fingerprint density at radius 2 is 1.56 bits per heavy atom. The SMILES string of the molecule is Cc1cc(C)c(C)c(N(C)C(=O)C=O)c1C. The third-order valence-electron chi connectivity index (χ3n) is 3.09. The first-order valence-corrected chi connectivity index (χ1v) is 5.20. The molecule has 1 rings (SSSR count). The minimum Gasteiger partial charge on any atom is -0.309 e. The van der Waals surface area contributed by atoms with Crippen molar-refractivity contribution in [1.29, 1.82) is 0 Å². The second-order valence-electron chi connectivity index (χ2n) is 4.12. The van der Waals surface area contributed by atoms with Gasteiger partial charge in [-0.05, 0) is 49.9 Å². The van der Waals surface area contributed by atoms with E-state index in [9.17, 15) is 9.59 Å². The Bertz CT molecular complexity index is 423. The van der Waals surface area contributed by atoms with E-state index in [0.717, 1.165) is 27.9 Å². The summed E-state index contributed by atoms with van der Waals surface area (Å²) in [6.07, 6.45) is 0.344. The Labute approximate surface area is 96.1 Å². The van der Waals surface area contributed by atoms with Gasteiger partial charge < -0.3 is 4.90 Å². The van der Waals surface area contributed by atoms with Crippen LogP contribution < -0.4 is 4.90 Å². The largest absolute Gasteiger partial charge is 0.309 e. The van der Waals surface area contributed by atoms with Crippen molar-refractivity contribution in [1.82, 2.24) is 0 Å². The fourth-order valence-electron chi connectivity index (χ4n) is 1.89. The van der Waals surface area contributed by atoms with Crippen molar-refractivity contribution in [3.63, 3.8) is 0 Å². The van der Waals surface area contributed by atoms with Crippen LogP contribution in [0.1, 0.15) is 22.3 Å². The Hall–Kier alpha value is -1.64. The molecule has 0 saturated carbocycles. The first-order chi connectivity index (χ1) is 7.40. The number of aldehydes is 1. The fraction of sp³-hybridized carbons (Fsp3) is 0.385. The Kier molecular flexibility index (Phi) is 3.48. The maximum atomic E-state index is 11.4. The normalized spacial score (nSPS) is 10.1. The molecule has 0 aliphatic rings. The highest BCUT2D eigenvalue weighted by Crippen LogP contribution is 2.29. The summed E-state index contributed by atoms with van der Waals surface area (Å²) in [5.41, 5.74) is 5.18. The summed E-state index contributed by atoms with van der Waals surface area (Å²) in [5.74, 6) is -0.517. The lowest BCUT2D eigenvalue weighted by Crippen LogP contribution is -2.28. The minimum atomic E-state index is -0.517. The molecular formula is C13H17NO2. The number of aryl methyl sites for hydroxylation is 2. The molecule has 0 bridgehead atoms. The van der Waals surface area contributed by atoms with E-state index in [1.807, 2.05) is 27.7 Å². The van der Waals surface area contributed by atoms with Crippen molar-refractivity contribution in [2.45, 2.75) is 27.7 Å². The van der Waals surface area contributed by atoms with Crippen LogP contribution in [0, 0.1) is 27.7 Å². The van der Waals surface area contributed by atoms with E-state index in [1.54, 1.807) is 7.05 Å². The lowest BCUT2D eigenvalue weighted by Gasteiger charge is -2.22. The maximum absolute atomic E-state index is 11.4. The summed E-state index contributed by atoms with van der Waals surface area (Å²) in [6, 6.07) is 2.09. The molecule has 0 heterocycles. The Morgan fingerprint density at radius 1 is 1.12 bits per heavy atom. The van der Waals surface area contributed by atoms with Crippen LogP contribution in [0.2, 0.25) is 0 Å². The summed E-state index contributed by atoms with van der Waals surface area (Å²) in [6.45, 7) is 7.94. The monoisotopic (exact) mass is 219 g/mol. The number of nitrogens with zero attached hydrogens (tertiary/aromatic N) is 1. The molecule has 86 valence electrons. The van der Waals surface area contributed by atoms with Gasteiger partial charge in [-0.2, -0.15) is 0 Å². The summed E-state index contributed by atoms with van der Waals surface area (Å²) < 4.78 is 0. The quantitative estimate of drug-likeness (QED) is 0.564. The van der Waals surface area contributed by atoms with E-state index < -0.39 is 5.91 Å². The van der Waals surface area contributed by atoms with Crippen molar-refractivity contribution in [3.8, 4) is 0 Å². The van der Waals surface area contributed by atoms with Gasteiger partial charge in [0.2, 0.25) is 6.29 Å². The van der Waals surface area contributed by atoms with Crippen LogP contribution in [0.4, 0.5) is 5.69 Å². The van der Waals surface area contributed by atoms with Gasteiger partial charge >= 0.3 is 0 Å². The smallest absolute Gasteiger partial charge is 0.290 e. The van der Waals surface area contributed by atoms with E-state index in [0.29, 0.717) is 6.29 Å². The van der Waals surface area contributed by atoms with Gasteiger partial charge in [-0.25, -0.2) is 0 Å². The van der Waals surface area contributed by atoms with Gasteiger partial charge in [0.1, 0.15) is 0 Å². The van der Waals surface area contributed by atoms with Gasteiger partial charge in [0.25, 0.3) is 5.91 Å². The van der Waals surface area contributed by atoms with Crippen molar-refractivity contribution in [3.05, 3.63) is 28.3 Å². The minimum absolute atomic E-state index is 0.344. The number of benzene rings is 1. The van der Waals surface area contributed by atoms with Crippen molar-refractivity contribution < 1.29 is 9.59 Å². The second-order valence-corrected chi connectivity index (χ2v) is 4.12. The molecule has 0 spiro atoms. The van der Waals surface area contributed by atoms with Crippen molar-refractivity contribution >= 4 is 17.9 Å². The zero-order valence-electron chi connectivity index (χ0n) is 10.4. The molecule has 0 N–H and O–H groups in total. The number of carbonyl (C=O) groups is 2. The molecule has 0 aliphatic heterocycles. The first-order valence-electron chi connectivity index (χ1n) is 5.20. The van der Waals surface area contributed by atoms with E-state index in [1.165, 1.54) is 4.90 Å². The van der Waals surface area contributed by atoms with E-state index in [2.05, 4.69) is 6.07 Å². The highest BCUT2D eigenvalue weighted by Gasteiger charge is 2.16. The highest BCUT2D eigenvalue weighted by atomic mass is 16.2. The van der Waals surface area contributed by atoms with Crippen LogP contribution in [0.3, 0.4) is 0 Å². The molecule has 16 heavy (non-hydrogen) atoms. The lowest BCUT2D eigenvalue weighted by molar-refractivity contribution is -0.129. The zero-order chi connectivity index (χ0) is 12.5. The molecular weight excluding hydrogens is 202 g/mol. The second kappa shape index (κ2) is 4.47. The number of hydrogen-bond acceptors (Lipinski definition) is 2. The number of hydrogen-bond donors (Lipinski definition) is 0. The van der Waals surface area contributed by atoms with E-state index in [4.69, 9.17) is 0 Å². The van der Waals surface area contributed by atoms with Gasteiger partial charge in [0.15, 0.2) is 0 Å². The van der Waals surface area contributed by atoms with Gasteiger partial charge in [-0.1, -0.05) is 6.07 Å². The van der Waals surface area contributed by atoms with Crippen LogP contribution in [-0.4, -0.2) is 19.2 Å². The molecule has 0 saturated heterocycles. The summed E-state index contributed by atoms with van der Waals surface area (Å²) in [4.78, 5) is 23.3. The molecule has 0 aliphatic carbocycles. The van der Waals surface area contributed by atoms with E-state index in [-0.39, 0.29) is 0 Å². The number of likely N-dealkylation sites (N-methyl/N-ethyl adjacent to an activating group) is 1. The molecule has 0 unspecified atom stereocenters. The van der Waals surface area contributed by atoms with Crippen LogP contribution in [0.5, 0.6) is 0 Å². The molecule has 1 amide bonds. The standard InChI is InChI=1S/C13H17NO2/c1-8-6-9(2)11(4)13(10(8)3)14(5)12(16)7-15/h6-7H,1-5H3. The van der Waals surface area contributed by atoms with Crippen LogP contribution in [0.15, 0.2) is 6.07 Å². The maximum Gasteiger partial charge on any atom is 0.290 e. The third-order valence-corrected chi connectivity index (χ3v) is 3.09. The lowest BCUT2D eigenvalue weighted by atomic mass is 9.98. The zero-order valence-corrected chi connectivity index (χ0v) is 10.4. The first kappa shape index (κ1) is 12.4. The van der Waals surface area contributed by atoms with Crippen LogP contribution in [-0.2, 0) is 9.59 Å². The van der Waals surface area contributed by atoms with Gasteiger partial charge in [0.05, 0.1) is 5.69 Å². The molecule has 0 fully saturated rings. The molecule has 3 heteroatoms. The predicted octanol–water partition coefficient (Wildman–Crippen LogP) is 2.08. The van der Waals surface area contributed by atoms with Gasteiger partial charge in [0, 0.05) is 7.05 Å². The van der Waals surface area contributed by atoms with Crippen molar-refractivity contribution in [2.24, 2.45) is 0 Å². The van der Waals surface area contributed by atoms with Crippen LogP contribution >= 0.6 is 0 Å². The van der Waals surface area contributed by atoms with Gasteiger partial charge in [-0.3, -0.25) is 9.59 Å². The molecule has 3 nitrogen and oxygen atoms in total. The summed E-state index contributed by atoms with van der Waals surface area (Å²) >= 11 is 0. The fourth-order valence-corrected chi connectivity index (χ4v) is 1.89. The molecule has 1 aromatic rings. The average molecular weight is 219 g/mol.